The summed E-state index contributed by atoms with van der Waals surface area (Å²) in [4.78, 5) is 52.7. The van der Waals surface area contributed by atoms with Gasteiger partial charge in [-0.15, -0.1) is 0 Å². The van der Waals surface area contributed by atoms with Crippen LogP contribution in [0.1, 0.15) is 39.9 Å². The Kier molecular flexibility index (Phi) is 8.53. The number of carbonyl (C=O) groups is 4. The third-order valence-corrected chi connectivity index (χ3v) is 6.97. The van der Waals surface area contributed by atoms with E-state index in [1.165, 1.54) is 11.0 Å². The smallest absolute Gasteiger partial charge is 0.243 e. The number of hydrogen-bond acceptors (Lipinski definition) is 4. The molecule has 0 saturated carbocycles. The van der Waals surface area contributed by atoms with E-state index >= 15 is 0 Å². The summed E-state index contributed by atoms with van der Waals surface area (Å²) in [5.74, 6) is -2.39. The monoisotopic (exact) mass is 535 g/mol. The SMILES string of the molecule is Cc1ccc(NC(=O)CNC(=O)[C@@H]2Cc3ccccc3CN2C(=O)CCC(=O)c2ccccc2)c(F)c1Cl. The van der Waals surface area contributed by atoms with Crippen LogP contribution in [0.5, 0.6) is 0 Å². The van der Waals surface area contributed by atoms with Crippen molar-refractivity contribution < 1.29 is 23.6 Å². The second-order valence-corrected chi connectivity index (χ2v) is 9.50. The van der Waals surface area contributed by atoms with Gasteiger partial charge in [-0.25, -0.2) is 4.39 Å². The summed E-state index contributed by atoms with van der Waals surface area (Å²) in [6, 6.07) is 18.3. The number of amides is 3. The van der Waals surface area contributed by atoms with Gasteiger partial charge in [0.2, 0.25) is 17.7 Å². The summed E-state index contributed by atoms with van der Waals surface area (Å²) >= 11 is 5.91. The van der Waals surface area contributed by atoms with Crippen molar-refractivity contribution >= 4 is 40.8 Å². The molecule has 1 aliphatic rings. The maximum absolute atomic E-state index is 14.3. The van der Waals surface area contributed by atoms with Crippen LogP contribution in [0, 0.1) is 12.7 Å². The first-order valence-electron chi connectivity index (χ1n) is 12.2. The van der Waals surface area contributed by atoms with E-state index in [1.54, 1.807) is 37.3 Å². The molecule has 4 rings (SSSR count). The van der Waals surface area contributed by atoms with E-state index in [-0.39, 0.29) is 48.2 Å². The van der Waals surface area contributed by atoms with E-state index < -0.39 is 30.2 Å². The molecule has 196 valence electrons. The lowest BCUT2D eigenvalue weighted by atomic mass is 9.93. The molecule has 0 bridgehead atoms. The molecule has 0 aliphatic carbocycles. The number of benzene rings is 3. The van der Waals surface area contributed by atoms with Crippen LogP contribution in [0.2, 0.25) is 5.02 Å². The normalized spacial score (nSPS) is 14.4. The number of aryl methyl sites for hydroxylation is 1. The van der Waals surface area contributed by atoms with Gasteiger partial charge >= 0.3 is 0 Å². The predicted molar refractivity (Wildman–Crippen MR) is 142 cm³/mol. The van der Waals surface area contributed by atoms with Crippen LogP contribution in [0.3, 0.4) is 0 Å². The average molecular weight is 536 g/mol. The molecular weight excluding hydrogens is 509 g/mol. The van der Waals surface area contributed by atoms with Crippen molar-refractivity contribution in [2.75, 3.05) is 11.9 Å². The lowest BCUT2D eigenvalue weighted by Gasteiger charge is -2.36. The molecule has 3 amide bonds. The zero-order valence-corrected chi connectivity index (χ0v) is 21.6. The minimum Gasteiger partial charge on any atom is -0.345 e. The molecule has 3 aromatic rings. The van der Waals surface area contributed by atoms with Crippen LogP contribution in [0.15, 0.2) is 66.7 Å². The van der Waals surface area contributed by atoms with E-state index in [9.17, 15) is 23.6 Å². The molecular formula is C29H27ClFN3O4. The number of hydrogen-bond donors (Lipinski definition) is 2. The number of Topliss-reactive ketones (excluding diaryl/α,β-unsaturated/α-hetero) is 1. The molecule has 7 nitrogen and oxygen atoms in total. The minimum absolute atomic E-state index is 0.0163. The number of ketones is 1. The molecule has 2 N–H and O–H groups in total. The Morgan fingerprint density at radius 1 is 0.947 bits per heavy atom. The minimum atomic E-state index is -0.859. The summed E-state index contributed by atoms with van der Waals surface area (Å²) < 4.78 is 14.3. The standard InChI is InChI=1S/C29H27ClFN3O4/c1-18-11-12-22(28(31)27(18)30)33-25(36)16-32-29(38)23-15-20-9-5-6-10-21(20)17-34(23)26(37)14-13-24(35)19-7-3-2-4-8-19/h2-12,23H,13-17H2,1H3,(H,32,38)(H,33,36)/t23-/m0/s1. The van der Waals surface area contributed by atoms with Gasteiger partial charge in [-0.2, -0.15) is 0 Å². The highest BCUT2D eigenvalue weighted by molar-refractivity contribution is 6.31. The first-order chi connectivity index (χ1) is 18.2. The van der Waals surface area contributed by atoms with Gasteiger partial charge in [0.25, 0.3) is 0 Å². The lowest BCUT2D eigenvalue weighted by molar-refractivity contribution is -0.142. The first kappa shape index (κ1) is 27.0. The van der Waals surface area contributed by atoms with Crippen molar-refractivity contribution in [1.82, 2.24) is 10.2 Å². The Labute approximate surface area is 225 Å². The Morgan fingerprint density at radius 3 is 2.37 bits per heavy atom. The topological polar surface area (TPSA) is 95.6 Å². The molecule has 0 radical (unpaired) electrons. The van der Waals surface area contributed by atoms with Crippen LogP contribution in [0.4, 0.5) is 10.1 Å². The zero-order valence-electron chi connectivity index (χ0n) is 20.8. The Bertz CT molecular complexity index is 1380. The van der Waals surface area contributed by atoms with Crippen molar-refractivity contribution in [1.29, 1.82) is 0 Å². The Balaban J connectivity index is 1.41. The molecule has 1 aliphatic heterocycles. The third-order valence-electron chi connectivity index (χ3n) is 6.51. The van der Waals surface area contributed by atoms with E-state index in [4.69, 9.17) is 11.6 Å². The quantitative estimate of drug-likeness (QED) is 0.416. The number of carbonyl (C=O) groups excluding carboxylic acids is 4. The van der Waals surface area contributed by atoms with Crippen LogP contribution in [-0.2, 0) is 27.3 Å². The Morgan fingerprint density at radius 2 is 1.63 bits per heavy atom. The maximum Gasteiger partial charge on any atom is 0.243 e. The molecule has 0 fully saturated rings. The third kappa shape index (κ3) is 6.26. The molecule has 0 unspecified atom stereocenters. The summed E-state index contributed by atoms with van der Waals surface area (Å²) in [7, 11) is 0. The lowest BCUT2D eigenvalue weighted by Crippen LogP contribution is -2.53. The summed E-state index contributed by atoms with van der Waals surface area (Å²) in [5.41, 5.74) is 2.81. The zero-order chi connectivity index (χ0) is 27.2. The average Bonchev–Trinajstić information content (AvgIpc) is 2.94. The fourth-order valence-corrected chi connectivity index (χ4v) is 4.54. The second-order valence-electron chi connectivity index (χ2n) is 9.12. The molecule has 3 aromatic carbocycles. The van der Waals surface area contributed by atoms with Gasteiger partial charge in [0.05, 0.1) is 17.3 Å². The van der Waals surface area contributed by atoms with Gasteiger partial charge in [0.15, 0.2) is 11.6 Å². The van der Waals surface area contributed by atoms with Gasteiger partial charge in [0, 0.05) is 31.4 Å². The van der Waals surface area contributed by atoms with Crippen LogP contribution in [0.25, 0.3) is 0 Å². The number of nitrogens with one attached hydrogen (secondary N) is 2. The maximum atomic E-state index is 14.3. The number of rotatable bonds is 8. The summed E-state index contributed by atoms with van der Waals surface area (Å²) in [5, 5.41) is 4.87. The van der Waals surface area contributed by atoms with Gasteiger partial charge in [0.1, 0.15) is 6.04 Å². The fourth-order valence-electron chi connectivity index (χ4n) is 4.37. The molecule has 0 saturated heterocycles. The van der Waals surface area contributed by atoms with Crippen molar-refractivity contribution in [3.05, 3.63) is 99.8 Å². The van der Waals surface area contributed by atoms with E-state index in [0.717, 1.165) is 11.1 Å². The van der Waals surface area contributed by atoms with Crippen molar-refractivity contribution in [3.8, 4) is 0 Å². The number of nitrogens with zero attached hydrogens (tertiary/aromatic N) is 1. The second kappa shape index (κ2) is 12.0. The van der Waals surface area contributed by atoms with Gasteiger partial charge < -0.3 is 15.5 Å². The molecule has 1 heterocycles. The molecule has 0 aromatic heterocycles. The highest BCUT2D eigenvalue weighted by Gasteiger charge is 2.34. The molecule has 1 atom stereocenters. The first-order valence-corrected chi connectivity index (χ1v) is 12.6. The summed E-state index contributed by atoms with van der Waals surface area (Å²) in [6.07, 6.45) is 0.236. The van der Waals surface area contributed by atoms with Crippen LogP contribution in [-0.4, -0.2) is 41.0 Å². The molecule has 0 spiro atoms. The Hall–Kier alpha value is -4.04. The number of halogens is 2. The van der Waals surface area contributed by atoms with Gasteiger partial charge in [-0.1, -0.05) is 72.3 Å². The predicted octanol–water partition coefficient (Wildman–Crippen LogP) is 4.46. The molecule has 9 heteroatoms. The fraction of sp³-hybridized carbons (Fsp3) is 0.241. The van der Waals surface area contributed by atoms with E-state index in [1.807, 2.05) is 30.3 Å². The van der Waals surface area contributed by atoms with E-state index in [2.05, 4.69) is 10.6 Å². The van der Waals surface area contributed by atoms with Crippen LogP contribution >= 0.6 is 11.6 Å². The van der Waals surface area contributed by atoms with Crippen molar-refractivity contribution in [2.24, 2.45) is 0 Å². The van der Waals surface area contributed by atoms with Crippen LogP contribution < -0.4 is 10.6 Å². The largest absolute Gasteiger partial charge is 0.345 e. The number of anilines is 1. The van der Waals surface area contributed by atoms with Crippen molar-refractivity contribution in [3.63, 3.8) is 0 Å². The van der Waals surface area contributed by atoms with Crippen molar-refractivity contribution in [2.45, 2.75) is 38.8 Å². The molecule has 38 heavy (non-hydrogen) atoms. The summed E-state index contributed by atoms with van der Waals surface area (Å²) in [6.45, 7) is 1.44. The number of fused-ring (bicyclic) bond motifs is 1. The highest BCUT2D eigenvalue weighted by atomic mass is 35.5. The van der Waals surface area contributed by atoms with Gasteiger partial charge in [-0.3, -0.25) is 19.2 Å². The highest BCUT2D eigenvalue weighted by Crippen LogP contribution is 2.26. The van der Waals surface area contributed by atoms with Gasteiger partial charge in [-0.05, 0) is 29.7 Å². The van der Waals surface area contributed by atoms with E-state index in [0.29, 0.717) is 11.1 Å².